The molecular weight excluding hydrogens is 346 g/mol. The summed E-state index contributed by atoms with van der Waals surface area (Å²) in [5.74, 6) is 0.577. The Balaban J connectivity index is 2.02. The van der Waals surface area contributed by atoms with Gasteiger partial charge in [-0.2, -0.15) is 0 Å². The maximum absolute atomic E-state index is 12.4. The molecule has 136 valence electrons. The van der Waals surface area contributed by atoms with Crippen molar-refractivity contribution in [1.29, 1.82) is 0 Å². The van der Waals surface area contributed by atoms with Crippen molar-refractivity contribution >= 4 is 27.5 Å². The number of hydrogen-bond acceptors (Lipinski definition) is 5. The fourth-order valence-electron chi connectivity index (χ4n) is 2.73. The van der Waals surface area contributed by atoms with E-state index in [9.17, 15) is 13.2 Å². The molecule has 0 radical (unpaired) electrons. The smallest absolute Gasteiger partial charge is 0.233 e. The molecule has 2 rings (SSSR count). The second-order valence-corrected chi connectivity index (χ2v) is 10.5. The first-order chi connectivity index (χ1) is 11.1. The van der Waals surface area contributed by atoms with Gasteiger partial charge in [0.1, 0.15) is 0 Å². The summed E-state index contributed by atoms with van der Waals surface area (Å²) < 4.78 is 25.2. The van der Waals surface area contributed by atoms with Crippen LogP contribution in [0.3, 0.4) is 0 Å². The van der Waals surface area contributed by atoms with Gasteiger partial charge in [-0.3, -0.25) is 4.79 Å². The van der Waals surface area contributed by atoms with Gasteiger partial charge in [0.15, 0.2) is 15.0 Å². The maximum atomic E-state index is 12.4. The Morgan fingerprint density at radius 2 is 2.04 bits per heavy atom. The van der Waals surface area contributed by atoms with E-state index >= 15 is 0 Å². The zero-order valence-corrected chi connectivity index (χ0v) is 16.6. The third-order valence-electron chi connectivity index (χ3n) is 4.20. The number of nitrogens with zero attached hydrogens (tertiary/aromatic N) is 2. The normalized spacial score (nSPS) is 21.2. The van der Waals surface area contributed by atoms with Gasteiger partial charge in [-0.25, -0.2) is 13.4 Å². The summed E-state index contributed by atoms with van der Waals surface area (Å²) in [4.78, 5) is 17.0. The number of carbonyl (C=O) groups is 1. The molecule has 1 saturated heterocycles. The highest BCUT2D eigenvalue weighted by Gasteiger charge is 2.30. The average Bonchev–Trinajstić information content (AvgIpc) is 2.92. The van der Waals surface area contributed by atoms with E-state index in [0.717, 1.165) is 23.1 Å². The van der Waals surface area contributed by atoms with E-state index in [1.807, 2.05) is 20.8 Å². The first-order valence-corrected chi connectivity index (χ1v) is 11.0. The zero-order chi connectivity index (χ0) is 18.1. The fraction of sp³-hybridized carbons (Fsp3) is 0.750. The SMILES string of the molecule is Cc1nc(S[C@@H](C)C(=O)N[C@H]2CCS(=O)(=O)C2)n(CC(C)C)c1C. The predicted octanol–water partition coefficient (Wildman–Crippen LogP) is 1.94. The van der Waals surface area contributed by atoms with Crippen molar-refractivity contribution in [1.82, 2.24) is 14.9 Å². The van der Waals surface area contributed by atoms with Crippen LogP contribution in [0.4, 0.5) is 0 Å². The Morgan fingerprint density at radius 3 is 2.58 bits per heavy atom. The summed E-state index contributed by atoms with van der Waals surface area (Å²) in [5.41, 5.74) is 2.10. The van der Waals surface area contributed by atoms with Crippen molar-refractivity contribution in [2.24, 2.45) is 5.92 Å². The highest BCUT2D eigenvalue weighted by molar-refractivity contribution is 8.00. The number of nitrogens with one attached hydrogen (secondary N) is 1. The number of rotatable bonds is 6. The number of aromatic nitrogens is 2. The topological polar surface area (TPSA) is 81.1 Å². The van der Waals surface area contributed by atoms with E-state index in [2.05, 4.69) is 28.7 Å². The Hall–Kier alpha value is -1.02. The van der Waals surface area contributed by atoms with Gasteiger partial charge in [0.2, 0.25) is 5.91 Å². The zero-order valence-electron chi connectivity index (χ0n) is 15.0. The van der Waals surface area contributed by atoms with Crippen LogP contribution in [-0.4, -0.2) is 46.7 Å². The van der Waals surface area contributed by atoms with E-state index < -0.39 is 9.84 Å². The highest BCUT2D eigenvalue weighted by Crippen LogP contribution is 2.26. The van der Waals surface area contributed by atoms with E-state index in [-0.39, 0.29) is 28.7 Å². The van der Waals surface area contributed by atoms with Gasteiger partial charge < -0.3 is 9.88 Å². The molecule has 1 amide bonds. The van der Waals surface area contributed by atoms with Gasteiger partial charge in [-0.15, -0.1) is 0 Å². The van der Waals surface area contributed by atoms with Crippen LogP contribution in [0.2, 0.25) is 0 Å². The van der Waals surface area contributed by atoms with Crippen LogP contribution in [0.15, 0.2) is 5.16 Å². The summed E-state index contributed by atoms with van der Waals surface area (Å²) in [5, 5.41) is 3.39. The monoisotopic (exact) mass is 373 g/mol. The molecule has 0 unspecified atom stereocenters. The molecule has 2 atom stereocenters. The third kappa shape index (κ3) is 4.75. The van der Waals surface area contributed by atoms with E-state index in [4.69, 9.17) is 0 Å². The minimum atomic E-state index is -2.99. The van der Waals surface area contributed by atoms with Crippen molar-refractivity contribution < 1.29 is 13.2 Å². The van der Waals surface area contributed by atoms with Gasteiger partial charge in [0.05, 0.1) is 22.4 Å². The number of carbonyl (C=O) groups excluding carboxylic acids is 1. The average molecular weight is 374 g/mol. The number of amides is 1. The lowest BCUT2D eigenvalue weighted by Crippen LogP contribution is -2.40. The first kappa shape index (κ1) is 19.3. The molecule has 1 aromatic rings. The van der Waals surface area contributed by atoms with Crippen LogP contribution in [0, 0.1) is 19.8 Å². The van der Waals surface area contributed by atoms with E-state index in [1.165, 1.54) is 11.8 Å². The van der Waals surface area contributed by atoms with Crippen LogP contribution in [0.5, 0.6) is 0 Å². The summed E-state index contributed by atoms with van der Waals surface area (Å²) in [7, 11) is -2.99. The van der Waals surface area contributed by atoms with Crippen molar-refractivity contribution in [2.75, 3.05) is 11.5 Å². The molecule has 1 fully saturated rings. The standard InChI is InChI=1S/C16H27N3O3S2/c1-10(2)8-19-12(4)11(3)17-16(19)23-13(5)15(20)18-14-6-7-24(21,22)9-14/h10,13-14H,6-9H2,1-5H3,(H,18,20)/t13-,14-/m0/s1. The molecule has 6 nitrogen and oxygen atoms in total. The van der Waals surface area contributed by atoms with Crippen molar-refractivity contribution in [3.05, 3.63) is 11.4 Å². The molecule has 0 aliphatic carbocycles. The number of thioether (sulfide) groups is 1. The van der Waals surface area contributed by atoms with Crippen LogP contribution >= 0.6 is 11.8 Å². The minimum absolute atomic E-state index is 0.0519. The van der Waals surface area contributed by atoms with E-state index in [1.54, 1.807) is 0 Å². The molecule has 8 heteroatoms. The molecule has 1 N–H and O–H groups in total. The Morgan fingerprint density at radius 1 is 1.38 bits per heavy atom. The molecule has 0 spiro atoms. The molecule has 1 aliphatic rings. The van der Waals surface area contributed by atoms with Gasteiger partial charge >= 0.3 is 0 Å². The van der Waals surface area contributed by atoms with Crippen LogP contribution in [0.25, 0.3) is 0 Å². The van der Waals surface area contributed by atoms with Gasteiger partial charge in [0, 0.05) is 18.3 Å². The van der Waals surface area contributed by atoms with Crippen molar-refractivity contribution in [2.45, 2.75) is 64.0 Å². The number of sulfone groups is 1. The van der Waals surface area contributed by atoms with Crippen LogP contribution in [0.1, 0.15) is 38.6 Å². The number of hydrogen-bond donors (Lipinski definition) is 1. The van der Waals surface area contributed by atoms with Crippen LogP contribution in [-0.2, 0) is 21.2 Å². The molecule has 24 heavy (non-hydrogen) atoms. The van der Waals surface area contributed by atoms with E-state index in [0.29, 0.717) is 12.3 Å². The van der Waals surface area contributed by atoms with Gasteiger partial charge in [0.25, 0.3) is 0 Å². The number of aryl methyl sites for hydroxylation is 1. The van der Waals surface area contributed by atoms with Crippen molar-refractivity contribution in [3.63, 3.8) is 0 Å². The molecule has 1 aromatic heterocycles. The lowest BCUT2D eigenvalue weighted by Gasteiger charge is -2.17. The summed E-state index contributed by atoms with van der Waals surface area (Å²) >= 11 is 1.43. The first-order valence-electron chi connectivity index (χ1n) is 8.30. The molecule has 0 aromatic carbocycles. The summed E-state index contributed by atoms with van der Waals surface area (Å²) in [6, 6.07) is -0.260. The summed E-state index contributed by atoms with van der Waals surface area (Å²) in [6.07, 6.45) is 0.506. The maximum Gasteiger partial charge on any atom is 0.233 e. The molecule has 1 aliphatic heterocycles. The Kier molecular flexibility index (Phi) is 6.01. The largest absolute Gasteiger partial charge is 0.351 e. The van der Waals surface area contributed by atoms with Gasteiger partial charge in [-0.05, 0) is 33.1 Å². The lowest BCUT2D eigenvalue weighted by atomic mass is 10.2. The Bertz CT molecular complexity index is 710. The molecule has 2 heterocycles. The second-order valence-electron chi connectivity index (χ2n) is 6.94. The number of imidazole rings is 1. The lowest BCUT2D eigenvalue weighted by molar-refractivity contribution is -0.120. The van der Waals surface area contributed by atoms with Crippen LogP contribution < -0.4 is 5.32 Å². The minimum Gasteiger partial charge on any atom is -0.351 e. The predicted molar refractivity (Wildman–Crippen MR) is 97.1 cm³/mol. The third-order valence-corrected chi connectivity index (χ3v) is 7.06. The Labute approximate surface area is 148 Å². The highest BCUT2D eigenvalue weighted by atomic mass is 32.2. The summed E-state index contributed by atoms with van der Waals surface area (Å²) in [6.45, 7) is 11.0. The fourth-order valence-corrected chi connectivity index (χ4v) is 5.43. The molecule has 0 bridgehead atoms. The van der Waals surface area contributed by atoms with Crippen molar-refractivity contribution in [3.8, 4) is 0 Å². The second kappa shape index (κ2) is 7.47. The quantitative estimate of drug-likeness (QED) is 0.771. The molecular formula is C16H27N3O3S2. The van der Waals surface area contributed by atoms with Gasteiger partial charge in [-0.1, -0.05) is 25.6 Å². The molecule has 0 saturated carbocycles.